The molecule has 110 valence electrons. The third kappa shape index (κ3) is 4.85. The summed E-state index contributed by atoms with van der Waals surface area (Å²) in [5, 5.41) is 8.88. The maximum atomic E-state index is 12.3. The van der Waals surface area contributed by atoms with Gasteiger partial charge in [-0.15, -0.1) is 0 Å². The Hall–Kier alpha value is -2.15. The van der Waals surface area contributed by atoms with Crippen molar-refractivity contribution in [2.24, 2.45) is 0 Å². The van der Waals surface area contributed by atoms with E-state index in [0.717, 1.165) is 0 Å². The zero-order chi connectivity index (χ0) is 15.1. The van der Waals surface area contributed by atoms with Gasteiger partial charge in [-0.3, -0.25) is 9.59 Å². The van der Waals surface area contributed by atoms with Crippen molar-refractivity contribution in [2.45, 2.75) is 0 Å². The highest BCUT2D eigenvalue weighted by Crippen LogP contribution is 2.09. The molecular formula is C13H19N3O4. The van der Waals surface area contributed by atoms with Crippen LogP contribution in [-0.2, 0) is 4.79 Å². The van der Waals surface area contributed by atoms with Gasteiger partial charge in [-0.25, -0.2) is 4.98 Å². The minimum absolute atomic E-state index is 0.335. The number of aliphatic carboxylic acids is 1. The Labute approximate surface area is 117 Å². The summed E-state index contributed by atoms with van der Waals surface area (Å²) in [6.45, 7) is 0.589. The smallest absolute Gasteiger partial charge is 0.323 e. The lowest BCUT2D eigenvalue weighted by molar-refractivity contribution is -0.137. The average molecular weight is 281 g/mol. The number of carboxylic acid groups (broad SMARTS) is 1. The number of nitrogens with zero attached hydrogens (tertiary/aromatic N) is 3. The van der Waals surface area contributed by atoms with Crippen LogP contribution in [0, 0.1) is 0 Å². The maximum absolute atomic E-state index is 12.3. The molecule has 1 aromatic rings. The molecule has 1 aromatic heterocycles. The molecule has 0 aliphatic rings. The molecule has 20 heavy (non-hydrogen) atoms. The highest BCUT2D eigenvalue weighted by Gasteiger charge is 2.18. The van der Waals surface area contributed by atoms with Gasteiger partial charge in [-0.2, -0.15) is 0 Å². The fourth-order valence-electron chi connectivity index (χ4n) is 1.55. The molecular weight excluding hydrogens is 262 g/mol. The van der Waals surface area contributed by atoms with E-state index in [9.17, 15) is 9.59 Å². The van der Waals surface area contributed by atoms with Gasteiger partial charge in [-0.1, -0.05) is 0 Å². The molecule has 1 rings (SSSR count). The van der Waals surface area contributed by atoms with Gasteiger partial charge in [0, 0.05) is 25.4 Å². The monoisotopic (exact) mass is 281 g/mol. The normalized spacial score (nSPS) is 10.4. The standard InChI is InChI=1S/C13H19N3O4/c1-15(2)6-7-16(9-12(17)18)13(19)10-4-5-11(20-3)14-8-10/h4-5,8H,6-7,9H2,1-3H3,(H,17,18). The van der Waals surface area contributed by atoms with Crippen LogP contribution in [0.1, 0.15) is 10.4 Å². The van der Waals surface area contributed by atoms with Gasteiger partial charge in [0.1, 0.15) is 6.54 Å². The molecule has 0 atom stereocenters. The van der Waals surface area contributed by atoms with Crippen LogP contribution >= 0.6 is 0 Å². The van der Waals surface area contributed by atoms with Crippen molar-refractivity contribution in [3.63, 3.8) is 0 Å². The van der Waals surface area contributed by atoms with Gasteiger partial charge in [0.25, 0.3) is 5.91 Å². The van der Waals surface area contributed by atoms with E-state index in [-0.39, 0.29) is 12.5 Å². The second kappa shape index (κ2) is 7.44. The molecule has 0 saturated heterocycles. The molecule has 0 aliphatic carbocycles. The number of rotatable bonds is 7. The number of hydrogen-bond donors (Lipinski definition) is 1. The van der Waals surface area contributed by atoms with Crippen LogP contribution in [0.3, 0.4) is 0 Å². The molecule has 7 heteroatoms. The summed E-state index contributed by atoms with van der Waals surface area (Å²) >= 11 is 0. The summed E-state index contributed by atoms with van der Waals surface area (Å²) in [4.78, 5) is 30.2. The van der Waals surface area contributed by atoms with Gasteiger partial charge in [0.05, 0.1) is 12.7 Å². The van der Waals surface area contributed by atoms with Gasteiger partial charge >= 0.3 is 5.97 Å². The summed E-state index contributed by atoms with van der Waals surface area (Å²) in [6.07, 6.45) is 1.38. The van der Waals surface area contributed by atoms with Gasteiger partial charge in [-0.05, 0) is 20.2 Å². The first kappa shape index (κ1) is 15.9. The van der Waals surface area contributed by atoms with Crippen LogP contribution < -0.4 is 4.74 Å². The second-order valence-electron chi connectivity index (χ2n) is 4.51. The molecule has 0 saturated carbocycles. The summed E-state index contributed by atoms with van der Waals surface area (Å²) in [5.74, 6) is -0.998. The maximum Gasteiger partial charge on any atom is 0.323 e. The van der Waals surface area contributed by atoms with Crippen LogP contribution in [0.15, 0.2) is 18.3 Å². The van der Waals surface area contributed by atoms with Crippen molar-refractivity contribution in [2.75, 3.05) is 40.8 Å². The van der Waals surface area contributed by atoms with E-state index < -0.39 is 5.97 Å². The zero-order valence-corrected chi connectivity index (χ0v) is 11.9. The van der Waals surface area contributed by atoms with Crippen molar-refractivity contribution in [3.05, 3.63) is 23.9 Å². The second-order valence-corrected chi connectivity index (χ2v) is 4.51. The van der Waals surface area contributed by atoms with E-state index in [2.05, 4.69) is 4.98 Å². The van der Waals surface area contributed by atoms with Crippen molar-refractivity contribution < 1.29 is 19.4 Å². The van der Waals surface area contributed by atoms with Crippen molar-refractivity contribution >= 4 is 11.9 Å². The Morgan fingerprint density at radius 2 is 2.00 bits per heavy atom. The Bertz CT molecular complexity index is 459. The number of carbonyl (C=O) groups excluding carboxylic acids is 1. The molecule has 1 N–H and O–H groups in total. The quantitative estimate of drug-likeness (QED) is 0.767. The van der Waals surface area contributed by atoms with Crippen LogP contribution in [0.4, 0.5) is 0 Å². The lowest BCUT2D eigenvalue weighted by Gasteiger charge is -2.22. The van der Waals surface area contributed by atoms with E-state index in [4.69, 9.17) is 9.84 Å². The summed E-state index contributed by atoms with van der Waals surface area (Å²) in [5.41, 5.74) is 0.339. The van der Waals surface area contributed by atoms with Crippen LogP contribution in [0.2, 0.25) is 0 Å². The number of methoxy groups -OCH3 is 1. The van der Waals surface area contributed by atoms with Crippen LogP contribution in [-0.4, -0.2) is 72.6 Å². The first-order chi connectivity index (χ1) is 9.43. The number of aromatic nitrogens is 1. The molecule has 0 fully saturated rings. The summed E-state index contributed by atoms with van der Waals surface area (Å²) in [6, 6.07) is 3.14. The molecule has 1 amide bonds. The largest absolute Gasteiger partial charge is 0.481 e. The van der Waals surface area contributed by atoms with E-state index in [1.165, 1.54) is 18.2 Å². The first-order valence-corrected chi connectivity index (χ1v) is 6.10. The van der Waals surface area contributed by atoms with Crippen molar-refractivity contribution in [3.8, 4) is 5.88 Å². The van der Waals surface area contributed by atoms with Gasteiger partial charge in [0.2, 0.25) is 5.88 Å². The number of amides is 1. The van der Waals surface area contributed by atoms with E-state index in [1.807, 2.05) is 19.0 Å². The summed E-state index contributed by atoms with van der Waals surface area (Å²) in [7, 11) is 5.20. The molecule has 7 nitrogen and oxygen atoms in total. The lowest BCUT2D eigenvalue weighted by atomic mass is 10.2. The number of carboxylic acids is 1. The zero-order valence-electron chi connectivity index (χ0n) is 11.9. The molecule has 0 spiro atoms. The minimum atomic E-state index is -1.04. The number of carbonyl (C=O) groups is 2. The third-order valence-electron chi connectivity index (χ3n) is 2.62. The highest BCUT2D eigenvalue weighted by atomic mass is 16.5. The molecule has 0 aromatic carbocycles. The Morgan fingerprint density at radius 3 is 2.45 bits per heavy atom. The number of hydrogen-bond acceptors (Lipinski definition) is 5. The summed E-state index contributed by atoms with van der Waals surface area (Å²) < 4.78 is 4.92. The highest BCUT2D eigenvalue weighted by molar-refractivity contribution is 5.95. The Balaban J connectivity index is 2.81. The predicted molar refractivity (Wildman–Crippen MR) is 72.9 cm³/mol. The van der Waals surface area contributed by atoms with Gasteiger partial charge < -0.3 is 19.6 Å². The molecule has 0 unspecified atom stereocenters. The fraction of sp³-hybridized carbons (Fsp3) is 0.462. The predicted octanol–water partition coefficient (Wildman–Crippen LogP) is 0.179. The van der Waals surface area contributed by atoms with Crippen molar-refractivity contribution in [1.82, 2.24) is 14.8 Å². The van der Waals surface area contributed by atoms with Crippen LogP contribution in [0.25, 0.3) is 0 Å². The topological polar surface area (TPSA) is 83.0 Å². The number of pyridine rings is 1. The van der Waals surface area contributed by atoms with Crippen molar-refractivity contribution in [1.29, 1.82) is 0 Å². The molecule has 0 radical (unpaired) electrons. The van der Waals surface area contributed by atoms with Gasteiger partial charge in [0.15, 0.2) is 0 Å². The Kier molecular flexibility index (Phi) is 5.92. The minimum Gasteiger partial charge on any atom is -0.481 e. The molecule has 0 bridgehead atoms. The molecule has 1 heterocycles. The first-order valence-electron chi connectivity index (χ1n) is 6.10. The third-order valence-corrected chi connectivity index (χ3v) is 2.62. The number of ether oxygens (including phenoxy) is 1. The van der Waals surface area contributed by atoms with E-state index >= 15 is 0 Å². The average Bonchev–Trinajstić information content (AvgIpc) is 2.42. The van der Waals surface area contributed by atoms with E-state index in [1.54, 1.807) is 12.1 Å². The SMILES string of the molecule is COc1ccc(C(=O)N(CCN(C)C)CC(=O)O)cn1. The Morgan fingerprint density at radius 1 is 1.30 bits per heavy atom. The van der Waals surface area contributed by atoms with Crippen LogP contribution in [0.5, 0.6) is 5.88 Å². The fourth-order valence-corrected chi connectivity index (χ4v) is 1.55. The lowest BCUT2D eigenvalue weighted by Crippen LogP contribution is -2.40. The number of likely N-dealkylation sites (N-methyl/N-ethyl adjacent to an activating group) is 1. The van der Waals surface area contributed by atoms with E-state index in [0.29, 0.717) is 24.5 Å². The molecule has 0 aliphatic heterocycles.